The molecule has 0 saturated carbocycles. The monoisotopic (exact) mass is 472 g/mol. The minimum Gasteiger partial charge on any atom is -0.484 e. The van der Waals surface area contributed by atoms with Gasteiger partial charge in [-0.3, -0.25) is 9.59 Å². The van der Waals surface area contributed by atoms with Gasteiger partial charge in [0, 0.05) is 19.5 Å². The van der Waals surface area contributed by atoms with Crippen molar-refractivity contribution in [2.75, 3.05) is 13.2 Å². The molecule has 0 aliphatic rings. The van der Waals surface area contributed by atoms with Gasteiger partial charge in [0.05, 0.1) is 0 Å². The van der Waals surface area contributed by atoms with E-state index >= 15 is 0 Å². The Balaban J connectivity index is 1.90. The van der Waals surface area contributed by atoms with Crippen LogP contribution in [0.5, 0.6) is 5.75 Å². The first-order valence-corrected chi connectivity index (χ1v) is 12.2. The van der Waals surface area contributed by atoms with E-state index in [0.717, 1.165) is 34.2 Å². The van der Waals surface area contributed by atoms with E-state index in [1.54, 1.807) is 4.90 Å². The van der Waals surface area contributed by atoms with Crippen LogP contribution in [0.3, 0.4) is 0 Å². The van der Waals surface area contributed by atoms with Crippen LogP contribution in [0.25, 0.3) is 0 Å². The number of ether oxygens (including phenoxy) is 1. The lowest BCUT2D eigenvalue weighted by Crippen LogP contribution is -2.51. The van der Waals surface area contributed by atoms with Gasteiger partial charge in [-0.25, -0.2) is 0 Å². The lowest BCUT2D eigenvalue weighted by molar-refractivity contribution is -0.142. The number of aryl methyl sites for hydroxylation is 3. The van der Waals surface area contributed by atoms with Crippen LogP contribution in [0.4, 0.5) is 0 Å². The number of rotatable bonds is 11. The highest BCUT2D eigenvalue weighted by molar-refractivity contribution is 5.88. The number of carbonyl (C=O) groups is 2. The second-order valence-corrected chi connectivity index (χ2v) is 9.12. The number of amides is 2. The van der Waals surface area contributed by atoms with Crippen molar-refractivity contribution < 1.29 is 14.3 Å². The maximum Gasteiger partial charge on any atom is 0.261 e. The number of hydrogen-bond acceptors (Lipinski definition) is 3. The number of nitrogens with zero attached hydrogens (tertiary/aromatic N) is 1. The van der Waals surface area contributed by atoms with Crippen LogP contribution in [0.2, 0.25) is 0 Å². The molecule has 0 aromatic heterocycles. The van der Waals surface area contributed by atoms with Crippen molar-refractivity contribution in [3.8, 4) is 5.75 Å². The van der Waals surface area contributed by atoms with Gasteiger partial charge >= 0.3 is 0 Å². The normalized spacial score (nSPS) is 11.5. The van der Waals surface area contributed by atoms with Gasteiger partial charge in [0.1, 0.15) is 11.8 Å². The average Bonchev–Trinajstić information content (AvgIpc) is 2.83. The fraction of sp³-hybridized carbons (Fsp3) is 0.333. The maximum absolute atomic E-state index is 13.6. The average molecular weight is 473 g/mol. The number of carbonyl (C=O) groups excluding carboxylic acids is 2. The minimum atomic E-state index is -0.653. The van der Waals surface area contributed by atoms with Crippen LogP contribution in [-0.4, -0.2) is 35.9 Å². The molecule has 0 aliphatic carbocycles. The summed E-state index contributed by atoms with van der Waals surface area (Å²) in [5.74, 6) is 0.280. The van der Waals surface area contributed by atoms with Gasteiger partial charge in [0.25, 0.3) is 5.91 Å². The zero-order valence-corrected chi connectivity index (χ0v) is 21.2. The molecule has 0 saturated heterocycles. The molecule has 1 atom stereocenters. The molecular formula is C30H36N2O3. The summed E-state index contributed by atoms with van der Waals surface area (Å²) >= 11 is 0. The molecule has 0 bridgehead atoms. The summed E-state index contributed by atoms with van der Waals surface area (Å²) in [6.45, 7) is 8.79. The molecule has 0 radical (unpaired) electrons. The Labute approximate surface area is 209 Å². The minimum absolute atomic E-state index is 0.138. The van der Waals surface area contributed by atoms with Crippen molar-refractivity contribution in [2.45, 2.75) is 53.1 Å². The summed E-state index contributed by atoms with van der Waals surface area (Å²) in [6.07, 6.45) is 1.25. The molecule has 35 heavy (non-hydrogen) atoms. The third-order valence-corrected chi connectivity index (χ3v) is 5.81. The molecule has 1 unspecified atom stereocenters. The van der Waals surface area contributed by atoms with Gasteiger partial charge in [-0.1, -0.05) is 73.2 Å². The topological polar surface area (TPSA) is 58.6 Å². The molecule has 5 nitrogen and oxygen atoms in total. The molecule has 3 rings (SSSR count). The van der Waals surface area contributed by atoms with E-state index in [0.29, 0.717) is 25.3 Å². The predicted octanol–water partition coefficient (Wildman–Crippen LogP) is 5.16. The molecular weight excluding hydrogens is 436 g/mol. The first-order valence-electron chi connectivity index (χ1n) is 12.2. The van der Waals surface area contributed by atoms with Gasteiger partial charge in [0.2, 0.25) is 5.91 Å². The maximum atomic E-state index is 13.6. The Hall–Kier alpha value is -3.60. The lowest BCUT2D eigenvalue weighted by atomic mass is 10.0. The predicted molar refractivity (Wildman–Crippen MR) is 140 cm³/mol. The summed E-state index contributed by atoms with van der Waals surface area (Å²) < 4.78 is 5.91. The smallest absolute Gasteiger partial charge is 0.261 e. The number of hydrogen-bond donors (Lipinski definition) is 1. The first-order chi connectivity index (χ1) is 16.9. The SMILES string of the molecule is CCCNC(=O)C(Cc1ccccc1)N(Cc1cccc(C)c1)C(=O)COc1cc(C)cc(C)c1. The van der Waals surface area contributed by atoms with Crippen LogP contribution < -0.4 is 10.1 Å². The Morgan fingerprint density at radius 1 is 0.857 bits per heavy atom. The molecule has 0 heterocycles. The molecule has 0 spiro atoms. The van der Waals surface area contributed by atoms with Crippen molar-refractivity contribution in [3.05, 3.63) is 101 Å². The molecule has 3 aromatic rings. The van der Waals surface area contributed by atoms with Gasteiger partial charge < -0.3 is 15.0 Å². The molecule has 5 heteroatoms. The van der Waals surface area contributed by atoms with E-state index in [1.165, 1.54) is 0 Å². The van der Waals surface area contributed by atoms with E-state index in [1.807, 2.05) is 88.4 Å². The first kappa shape index (κ1) is 26.0. The van der Waals surface area contributed by atoms with Gasteiger partial charge in [0.15, 0.2) is 6.61 Å². The standard InChI is InChI=1S/C30H36N2O3/c1-5-14-31-30(34)28(19-25-11-7-6-8-12-25)32(20-26-13-9-10-22(2)16-26)29(33)21-35-27-17-23(3)15-24(4)18-27/h6-13,15-18,28H,5,14,19-21H2,1-4H3,(H,31,34). The summed E-state index contributed by atoms with van der Waals surface area (Å²) in [7, 11) is 0. The van der Waals surface area contributed by atoms with E-state index in [9.17, 15) is 9.59 Å². The van der Waals surface area contributed by atoms with Crippen molar-refractivity contribution in [1.29, 1.82) is 0 Å². The van der Waals surface area contributed by atoms with Crippen LogP contribution in [0.15, 0.2) is 72.8 Å². The third-order valence-electron chi connectivity index (χ3n) is 5.81. The van der Waals surface area contributed by atoms with E-state index in [4.69, 9.17) is 4.74 Å². The van der Waals surface area contributed by atoms with Crippen molar-refractivity contribution >= 4 is 11.8 Å². The highest BCUT2D eigenvalue weighted by Gasteiger charge is 2.30. The summed E-state index contributed by atoms with van der Waals surface area (Å²) in [5.41, 5.74) is 5.24. The Morgan fingerprint density at radius 3 is 2.20 bits per heavy atom. The van der Waals surface area contributed by atoms with Crippen molar-refractivity contribution in [3.63, 3.8) is 0 Å². The quantitative estimate of drug-likeness (QED) is 0.420. The summed E-state index contributed by atoms with van der Waals surface area (Å²) in [5, 5.41) is 3.00. The summed E-state index contributed by atoms with van der Waals surface area (Å²) in [6, 6.07) is 23.1. The fourth-order valence-electron chi connectivity index (χ4n) is 4.17. The van der Waals surface area contributed by atoms with Crippen LogP contribution >= 0.6 is 0 Å². The van der Waals surface area contributed by atoms with Crippen LogP contribution in [0, 0.1) is 20.8 Å². The zero-order valence-electron chi connectivity index (χ0n) is 21.2. The Kier molecular flexibility index (Phi) is 9.47. The van der Waals surface area contributed by atoms with E-state index < -0.39 is 6.04 Å². The number of nitrogens with one attached hydrogen (secondary N) is 1. The second-order valence-electron chi connectivity index (χ2n) is 9.12. The Bertz CT molecular complexity index is 1110. The van der Waals surface area contributed by atoms with Crippen molar-refractivity contribution in [1.82, 2.24) is 10.2 Å². The highest BCUT2D eigenvalue weighted by Crippen LogP contribution is 2.19. The molecule has 0 fully saturated rings. The Morgan fingerprint density at radius 2 is 1.54 bits per heavy atom. The van der Waals surface area contributed by atoms with Crippen molar-refractivity contribution in [2.24, 2.45) is 0 Å². The van der Waals surface area contributed by atoms with Crippen LogP contribution in [-0.2, 0) is 22.6 Å². The van der Waals surface area contributed by atoms with E-state index in [2.05, 4.69) is 17.4 Å². The number of benzene rings is 3. The molecule has 0 aliphatic heterocycles. The van der Waals surface area contributed by atoms with Gasteiger partial charge in [-0.15, -0.1) is 0 Å². The van der Waals surface area contributed by atoms with Crippen LogP contribution in [0.1, 0.15) is 41.2 Å². The second kappa shape index (κ2) is 12.7. The zero-order chi connectivity index (χ0) is 25.2. The molecule has 184 valence electrons. The molecule has 2 amide bonds. The highest BCUT2D eigenvalue weighted by atomic mass is 16.5. The largest absolute Gasteiger partial charge is 0.484 e. The third kappa shape index (κ3) is 7.99. The van der Waals surface area contributed by atoms with E-state index in [-0.39, 0.29) is 18.4 Å². The fourth-order valence-corrected chi connectivity index (χ4v) is 4.17. The molecule has 3 aromatic carbocycles. The summed E-state index contributed by atoms with van der Waals surface area (Å²) in [4.78, 5) is 28.6. The van der Waals surface area contributed by atoms with Gasteiger partial charge in [-0.05, 0) is 61.6 Å². The molecule has 1 N–H and O–H groups in total. The van der Waals surface area contributed by atoms with Gasteiger partial charge in [-0.2, -0.15) is 0 Å². The lowest BCUT2D eigenvalue weighted by Gasteiger charge is -2.31.